The highest BCUT2D eigenvalue weighted by Crippen LogP contribution is 2.04. The van der Waals surface area contributed by atoms with Gasteiger partial charge in [0.1, 0.15) is 17.0 Å². The molecule has 0 radical (unpaired) electrons. The first-order valence-electron chi connectivity index (χ1n) is 4.26. The lowest BCUT2D eigenvalue weighted by molar-refractivity contribution is -0.145. The number of carbonyl (C=O) groups excluding carboxylic acids is 1. The Bertz CT molecular complexity index is 229. The summed E-state index contributed by atoms with van der Waals surface area (Å²) in [5.41, 5.74) is 0. The standard InChI is InChI=1S/C9H15NO2S2/c1-4-5-12-8(11)7(6(2)3)10-9(13)14/h4,6-7H,1,5H2,2-3H3,(H2,10,13,14)/t7-/m0/s1. The third kappa shape index (κ3) is 5.24. The van der Waals surface area contributed by atoms with Gasteiger partial charge in [0.2, 0.25) is 0 Å². The number of hydrogen-bond acceptors (Lipinski definition) is 3. The molecule has 0 saturated carbocycles. The summed E-state index contributed by atoms with van der Waals surface area (Å²) in [6, 6.07) is -0.444. The van der Waals surface area contributed by atoms with Gasteiger partial charge in [-0.2, -0.15) is 0 Å². The van der Waals surface area contributed by atoms with Crippen LogP contribution in [-0.2, 0) is 9.53 Å². The smallest absolute Gasteiger partial charge is 0.329 e. The molecule has 0 bridgehead atoms. The molecule has 0 saturated heterocycles. The lowest BCUT2D eigenvalue weighted by Crippen LogP contribution is -2.43. The van der Waals surface area contributed by atoms with Gasteiger partial charge in [0.15, 0.2) is 0 Å². The van der Waals surface area contributed by atoms with Crippen LogP contribution in [-0.4, -0.2) is 22.9 Å². The van der Waals surface area contributed by atoms with Crippen molar-refractivity contribution in [2.24, 2.45) is 5.92 Å². The first-order chi connectivity index (χ1) is 6.49. The molecular weight excluding hydrogens is 218 g/mol. The molecule has 0 aromatic carbocycles. The molecule has 0 spiro atoms. The molecule has 0 aromatic rings. The Hall–Kier alpha value is -0.550. The Labute approximate surface area is 95.3 Å². The maximum atomic E-state index is 11.5. The normalized spacial score (nSPS) is 12.0. The molecule has 5 heteroatoms. The summed E-state index contributed by atoms with van der Waals surface area (Å²) in [6.45, 7) is 7.47. The van der Waals surface area contributed by atoms with Crippen LogP contribution in [0.4, 0.5) is 0 Å². The van der Waals surface area contributed by atoms with Crippen LogP contribution in [0.15, 0.2) is 12.7 Å². The van der Waals surface area contributed by atoms with E-state index in [9.17, 15) is 4.79 Å². The first-order valence-corrected chi connectivity index (χ1v) is 5.11. The van der Waals surface area contributed by atoms with Crippen molar-refractivity contribution in [3.63, 3.8) is 0 Å². The average molecular weight is 233 g/mol. The minimum atomic E-state index is -0.444. The largest absolute Gasteiger partial charge is 0.460 e. The zero-order chi connectivity index (χ0) is 11.1. The highest BCUT2D eigenvalue weighted by atomic mass is 32.1. The summed E-state index contributed by atoms with van der Waals surface area (Å²) < 4.78 is 5.19. The zero-order valence-corrected chi connectivity index (χ0v) is 10.0. The Morgan fingerprint density at radius 3 is 2.64 bits per heavy atom. The van der Waals surface area contributed by atoms with Gasteiger partial charge in [-0.1, -0.05) is 38.7 Å². The van der Waals surface area contributed by atoms with E-state index in [0.717, 1.165) is 0 Å². The molecule has 0 fully saturated rings. The summed E-state index contributed by atoms with van der Waals surface area (Å²) in [7, 11) is 0. The molecule has 1 N–H and O–H groups in total. The summed E-state index contributed by atoms with van der Waals surface area (Å²) >= 11 is 8.66. The van der Waals surface area contributed by atoms with Crippen LogP contribution in [0.3, 0.4) is 0 Å². The van der Waals surface area contributed by atoms with Gasteiger partial charge in [-0.15, -0.1) is 12.6 Å². The molecule has 0 aliphatic heterocycles. The van der Waals surface area contributed by atoms with Gasteiger partial charge in [0, 0.05) is 0 Å². The number of thiocarbonyl (C=S) groups is 1. The number of esters is 1. The van der Waals surface area contributed by atoms with Gasteiger partial charge in [-0.05, 0) is 5.92 Å². The van der Waals surface area contributed by atoms with Gasteiger partial charge < -0.3 is 10.1 Å². The first kappa shape index (κ1) is 13.4. The molecule has 3 nitrogen and oxygen atoms in total. The van der Waals surface area contributed by atoms with E-state index in [1.54, 1.807) is 0 Å². The van der Waals surface area contributed by atoms with E-state index in [1.165, 1.54) is 6.08 Å². The van der Waals surface area contributed by atoms with Crippen LogP contribution in [0.2, 0.25) is 0 Å². The second-order valence-corrected chi connectivity index (χ2v) is 4.25. The Morgan fingerprint density at radius 1 is 1.71 bits per heavy atom. The van der Waals surface area contributed by atoms with E-state index in [2.05, 4.69) is 24.5 Å². The van der Waals surface area contributed by atoms with E-state index in [4.69, 9.17) is 17.0 Å². The highest BCUT2D eigenvalue weighted by molar-refractivity contribution is 8.11. The summed E-state index contributed by atoms with van der Waals surface area (Å²) in [5, 5.41) is 2.77. The minimum Gasteiger partial charge on any atom is -0.460 e. The van der Waals surface area contributed by atoms with Crippen molar-refractivity contribution < 1.29 is 9.53 Å². The predicted octanol–water partition coefficient (Wildman–Crippen LogP) is 1.54. The topological polar surface area (TPSA) is 38.3 Å². The van der Waals surface area contributed by atoms with E-state index in [-0.39, 0.29) is 18.5 Å². The van der Waals surface area contributed by atoms with Crippen molar-refractivity contribution in [2.45, 2.75) is 19.9 Å². The number of hydrogen-bond donors (Lipinski definition) is 2. The second-order valence-electron chi connectivity index (χ2n) is 3.09. The Morgan fingerprint density at radius 2 is 2.29 bits per heavy atom. The van der Waals surface area contributed by atoms with Gasteiger partial charge in [0.25, 0.3) is 0 Å². The van der Waals surface area contributed by atoms with Crippen LogP contribution >= 0.6 is 24.8 Å². The van der Waals surface area contributed by atoms with Crippen molar-refractivity contribution in [1.29, 1.82) is 0 Å². The monoisotopic (exact) mass is 233 g/mol. The van der Waals surface area contributed by atoms with Crippen molar-refractivity contribution >= 4 is 35.1 Å². The Balaban J connectivity index is 4.25. The second kappa shape index (κ2) is 6.84. The SMILES string of the molecule is C=CCOC(=O)[C@@H](NC(=S)S)C(C)C. The summed E-state index contributed by atoms with van der Waals surface area (Å²) in [4.78, 5) is 11.5. The fraction of sp³-hybridized carbons (Fsp3) is 0.556. The number of nitrogens with one attached hydrogen (secondary N) is 1. The lowest BCUT2D eigenvalue weighted by atomic mass is 10.1. The summed E-state index contributed by atoms with van der Waals surface area (Å²) in [5.74, 6) is -0.242. The molecule has 0 aromatic heterocycles. The fourth-order valence-electron chi connectivity index (χ4n) is 0.862. The van der Waals surface area contributed by atoms with Crippen molar-refractivity contribution in [2.75, 3.05) is 6.61 Å². The number of ether oxygens (including phenoxy) is 1. The number of rotatable bonds is 5. The molecule has 0 aliphatic carbocycles. The average Bonchev–Trinajstić information content (AvgIpc) is 2.09. The van der Waals surface area contributed by atoms with Gasteiger partial charge in [0.05, 0.1) is 0 Å². The Kier molecular flexibility index (Phi) is 6.57. The highest BCUT2D eigenvalue weighted by Gasteiger charge is 2.23. The van der Waals surface area contributed by atoms with E-state index >= 15 is 0 Å². The number of thiol groups is 1. The van der Waals surface area contributed by atoms with Crippen LogP contribution in [0.25, 0.3) is 0 Å². The zero-order valence-electron chi connectivity index (χ0n) is 8.32. The number of carbonyl (C=O) groups is 1. The maximum Gasteiger partial charge on any atom is 0.329 e. The van der Waals surface area contributed by atoms with Crippen LogP contribution in [0.5, 0.6) is 0 Å². The molecule has 0 aliphatic rings. The van der Waals surface area contributed by atoms with E-state index < -0.39 is 6.04 Å². The lowest BCUT2D eigenvalue weighted by Gasteiger charge is -2.20. The van der Waals surface area contributed by atoms with E-state index in [1.807, 2.05) is 13.8 Å². The molecule has 80 valence electrons. The van der Waals surface area contributed by atoms with Gasteiger partial charge in [-0.25, -0.2) is 4.79 Å². The van der Waals surface area contributed by atoms with Crippen molar-refractivity contribution in [1.82, 2.24) is 5.32 Å². The van der Waals surface area contributed by atoms with Gasteiger partial charge in [-0.3, -0.25) is 0 Å². The molecule has 0 rings (SSSR count). The predicted molar refractivity (Wildman–Crippen MR) is 64.5 cm³/mol. The summed E-state index contributed by atoms with van der Waals surface area (Å²) in [6.07, 6.45) is 1.52. The molecule has 1 atom stereocenters. The molecule has 0 unspecified atom stereocenters. The quantitative estimate of drug-likeness (QED) is 0.327. The van der Waals surface area contributed by atoms with E-state index in [0.29, 0.717) is 4.32 Å². The molecular formula is C9H15NO2S2. The van der Waals surface area contributed by atoms with Gasteiger partial charge >= 0.3 is 5.97 Å². The third-order valence-electron chi connectivity index (χ3n) is 1.54. The minimum absolute atomic E-state index is 0.0948. The van der Waals surface area contributed by atoms with Crippen LogP contribution in [0, 0.1) is 5.92 Å². The van der Waals surface area contributed by atoms with Crippen molar-refractivity contribution in [3.05, 3.63) is 12.7 Å². The van der Waals surface area contributed by atoms with Crippen LogP contribution in [0.1, 0.15) is 13.8 Å². The molecule has 0 heterocycles. The van der Waals surface area contributed by atoms with Crippen LogP contribution < -0.4 is 5.32 Å². The maximum absolute atomic E-state index is 11.5. The third-order valence-corrected chi connectivity index (χ3v) is 1.79. The molecule has 0 amide bonds. The fourth-order valence-corrected chi connectivity index (χ4v) is 1.13. The van der Waals surface area contributed by atoms with Crippen molar-refractivity contribution in [3.8, 4) is 0 Å². The molecule has 14 heavy (non-hydrogen) atoms.